The van der Waals surface area contributed by atoms with Crippen LogP contribution in [0.2, 0.25) is 0 Å². The third kappa shape index (κ3) is 4.86. The lowest BCUT2D eigenvalue weighted by Gasteiger charge is -2.16. The molecule has 1 aromatic carbocycles. The summed E-state index contributed by atoms with van der Waals surface area (Å²) in [5.74, 6) is -0.435. The maximum atomic E-state index is 12.6. The van der Waals surface area contributed by atoms with Crippen molar-refractivity contribution in [2.75, 3.05) is 23.9 Å². The van der Waals surface area contributed by atoms with Gasteiger partial charge >= 0.3 is 5.97 Å². The van der Waals surface area contributed by atoms with Crippen LogP contribution in [0, 0.1) is 13.8 Å². The molecule has 1 aliphatic heterocycles. The summed E-state index contributed by atoms with van der Waals surface area (Å²) < 4.78 is 32.6. The number of nitrogens with zero attached hydrogens (tertiary/aromatic N) is 2. The van der Waals surface area contributed by atoms with Crippen molar-refractivity contribution < 1.29 is 22.7 Å². The van der Waals surface area contributed by atoms with Crippen LogP contribution in [0.25, 0.3) is 10.2 Å². The lowest BCUT2D eigenvalue weighted by molar-refractivity contribution is -0.139. The van der Waals surface area contributed by atoms with Crippen molar-refractivity contribution in [1.29, 1.82) is 0 Å². The summed E-state index contributed by atoms with van der Waals surface area (Å²) in [6.45, 7) is 3.32. The molecule has 10 heteroatoms. The maximum Gasteiger partial charge on any atom is 0.316 e. The van der Waals surface area contributed by atoms with Gasteiger partial charge in [-0.05, 0) is 38.5 Å². The molecule has 2 aromatic heterocycles. The van der Waals surface area contributed by atoms with Crippen LogP contribution in [0.4, 0.5) is 0 Å². The zero-order valence-corrected chi connectivity index (χ0v) is 19.6. The number of hydrogen-bond donors (Lipinski definition) is 0. The second kappa shape index (κ2) is 8.76. The van der Waals surface area contributed by atoms with Crippen LogP contribution < -0.4 is 0 Å². The first-order valence-electron chi connectivity index (χ1n) is 9.79. The normalized spacial score (nSPS) is 17.8. The molecule has 1 unspecified atom stereocenters. The number of aromatic nitrogens is 2. The number of ketones is 1. The van der Waals surface area contributed by atoms with Crippen molar-refractivity contribution in [3.63, 3.8) is 0 Å². The topological polar surface area (TPSA) is 95.3 Å². The van der Waals surface area contributed by atoms with Gasteiger partial charge in [0, 0.05) is 23.0 Å². The van der Waals surface area contributed by atoms with E-state index in [9.17, 15) is 18.0 Å². The Bertz CT molecular complexity index is 1230. The third-order valence-electron chi connectivity index (χ3n) is 5.31. The predicted octanol–water partition coefficient (Wildman–Crippen LogP) is 3.59. The standard InChI is InChI=1S/C21H22N2O5S3/c1-13-9-16(14(2)23(13)15-7-8-31(26,27)12-15)18(24)10-28-20(25)11-29-21-22-17-5-3-4-6-19(17)30-21/h3-6,9,15H,7-8,10-12H2,1-2H3. The van der Waals surface area contributed by atoms with E-state index in [-0.39, 0.29) is 35.7 Å². The number of ether oxygens (including phenoxy) is 1. The number of aryl methyl sites for hydroxylation is 1. The van der Waals surface area contributed by atoms with Crippen LogP contribution in [0.3, 0.4) is 0 Å². The minimum atomic E-state index is -3.03. The fraction of sp³-hybridized carbons (Fsp3) is 0.381. The smallest absolute Gasteiger partial charge is 0.316 e. The number of thiazole rings is 1. The highest BCUT2D eigenvalue weighted by atomic mass is 32.2. The molecule has 1 atom stereocenters. The lowest BCUT2D eigenvalue weighted by Crippen LogP contribution is -2.17. The van der Waals surface area contributed by atoms with Gasteiger partial charge in [-0.3, -0.25) is 9.59 Å². The van der Waals surface area contributed by atoms with Gasteiger partial charge in [0.2, 0.25) is 5.78 Å². The Hall–Kier alpha value is -2.17. The lowest BCUT2D eigenvalue weighted by atomic mass is 10.1. The number of hydrogen-bond acceptors (Lipinski definition) is 8. The zero-order valence-electron chi connectivity index (χ0n) is 17.2. The Kier molecular flexibility index (Phi) is 6.23. The average molecular weight is 479 g/mol. The molecule has 4 rings (SSSR count). The average Bonchev–Trinajstić information content (AvgIpc) is 3.38. The van der Waals surface area contributed by atoms with Crippen LogP contribution >= 0.6 is 23.1 Å². The van der Waals surface area contributed by atoms with E-state index in [0.717, 1.165) is 20.3 Å². The maximum absolute atomic E-state index is 12.6. The molecule has 3 heterocycles. The molecule has 0 radical (unpaired) electrons. The molecule has 1 aliphatic rings. The van der Waals surface area contributed by atoms with Crippen LogP contribution in [-0.4, -0.2) is 53.6 Å². The molecule has 0 saturated carbocycles. The molecule has 0 amide bonds. The van der Waals surface area contributed by atoms with E-state index in [1.165, 1.54) is 23.1 Å². The monoisotopic (exact) mass is 478 g/mol. The second-order valence-corrected chi connectivity index (χ2v) is 12.0. The number of thioether (sulfide) groups is 1. The van der Waals surface area contributed by atoms with Crippen molar-refractivity contribution >= 4 is 54.9 Å². The van der Waals surface area contributed by atoms with Gasteiger partial charge in [0.25, 0.3) is 0 Å². The minimum absolute atomic E-state index is 0.0755. The number of carbonyl (C=O) groups is 2. The summed E-state index contributed by atoms with van der Waals surface area (Å²) in [5, 5.41) is 0. The van der Waals surface area contributed by atoms with Crippen LogP contribution in [0.5, 0.6) is 0 Å². The van der Waals surface area contributed by atoms with E-state index in [1.54, 1.807) is 13.0 Å². The first-order chi connectivity index (χ1) is 14.7. The largest absolute Gasteiger partial charge is 0.457 e. The van der Waals surface area contributed by atoms with Gasteiger partial charge in [0.05, 0.1) is 27.5 Å². The van der Waals surface area contributed by atoms with Crippen molar-refractivity contribution in [1.82, 2.24) is 9.55 Å². The number of sulfone groups is 1. The summed E-state index contributed by atoms with van der Waals surface area (Å²) in [4.78, 5) is 29.2. The van der Waals surface area contributed by atoms with Crippen molar-refractivity contribution in [2.45, 2.75) is 30.6 Å². The number of para-hydroxylation sites is 1. The number of esters is 1. The molecule has 0 spiro atoms. The van der Waals surface area contributed by atoms with Gasteiger partial charge in [-0.1, -0.05) is 23.9 Å². The van der Waals surface area contributed by atoms with E-state index in [4.69, 9.17) is 4.74 Å². The first-order valence-corrected chi connectivity index (χ1v) is 13.4. The highest BCUT2D eigenvalue weighted by molar-refractivity contribution is 8.01. The molecule has 1 fully saturated rings. The van der Waals surface area contributed by atoms with E-state index < -0.39 is 15.8 Å². The van der Waals surface area contributed by atoms with E-state index in [0.29, 0.717) is 17.7 Å². The van der Waals surface area contributed by atoms with E-state index >= 15 is 0 Å². The number of fused-ring (bicyclic) bond motifs is 1. The van der Waals surface area contributed by atoms with Crippen LogP contribution in [0.15, 0.2) is 34.7 Å². The van der Waals surface area contributed by atoms with E-state index in [2.05, 4.69) is 4.98 Å². The van der Waals surface area contributed by atoms with Gasteiger partial charge in [0.15, 0.2) is 20.8 Å². The summed E-state index contributed by atoms with van der Waals surface area (Å²) >= 11 is 2.80. The van der Waals surface area contributed by atoms with E-state index in [1.807, 2.05) is 35.8 Å². The van der Waals surface area contributed by atoms with Crippen molar-refractivity contribution in [2.24, 2.45) is 0 Å². The van der Waals surface area contributed by atoms with Gasteiger partial charge in [-0.2, -0.15) is 0 Å². The second-order valence-electron chi connectivity index (χ2n) is 7.53. The molecular weight excluding hydrogens is 456 g/mol. The molecule has 164 valence electrons. The fourth-order valence-corrected chi connectivity index (χ4v) is 7.47. The number of rotatable bonds is 7. The van der Waals surface area contributed by atoms with Crippen molar-refractivity contribution in [3.8, 4) is 0 Å². The van der Waals surface area contributed by atoms with Crippen LogP contribution in [0.1, 0.15) is 34.2 Å². The Morgan fingerprint density at radius 2 is 2.06 bits per heavy atom. The molecule has 31 heavy (non-hydrogen) atoms. The van der Waals surface area contributed by atoms with Gasteiger partial charge in [-0.15, -0.1) is 11.3 Å². The Labute approximate surface area is 188 Å². The number of carbonyl (C=O) groups excluding carboxylic acids is 2. The SMILES string of the molecule is Cc1cc(C(=O)COC(=O)CSc2nc3ccccc3s2)c(C)n1C1CCS(=O)(=O)C1. The first kappa shape index (κ1) is 22.0. The Morgan fingerprint density at radius 3 is 2.77 bits per heavy atom. The van der Waals surface area contributed by atoms with Crippen LogP contribution in [-0.2, 0) is 19.4 Å². The van der Waals surface area contributed by atoms with Gasteiger partial charge in [-0.25, -0.2) is 13.4 Å². The predicted molar refractivity (Wildman–Crippen MR) is 122 cm³/mol. The molecule has 1 saturated heterocycles. The molecular formula is C21H22N2O5S3. The third-order valence-corrected chi connectivity index (χ3v) is 9.21. The highest BCUT2D eigenvalue weighted by Crippen LogP contribution is 2.30. The molecule has 0 N–H and O–H groups in total. The molecule has 3 aromatic rings. The minimum Gasteiger partial charge on any atom is -0.457 e. The summed E-state index contributed by atoms with van der Waals surface area (Å²) in [5.41, 5.74) is 2.91. The summed E-state index contributed by atoms with van der Waals surface area (Å²) in [6.07, 6.45) is 0.546. The fourth-order valence-electron chi connectivity index (χ4n) is 3.90. The summed E-state index contributed by atoms with van der Waals surface area (Å²) in [6, 6.07) is 9.35. The number of Topliss-reactive ketones (excluding diaryl/α,β-unsaturated/α-hetero) is 1. The quantitative estimate of drug-likeness (QED) is 0.291. The molecule has 0 bridgehead atoms. The molecule has 7 nitrogen and oxygen atoms in total. The Morgan fingerprint density at radius 1 is 1.29 bits per heavy atom. The number of benzene rings is 1. The van der Waals surface area contributed by atoms with Crippen molar-refractivity contribution in [3.05, 3.63) is 47.3 Å². The van der Waals surface area contributed by atoms with Gasteiger partial charge in [0.1, 0.15) is 0 Å². The highest BCUT2D eigenvalue weighted by Gasteiger charge is 2.31. The summed E-state index contributed by atoms with van der Waals surface area (Å²) in [7, 11) is -3.03. The van der Waals surface area contributed by atoms with Gasteiger partial charge < -0.3 is 9.30 Å². The Balaban J connectivity index is 1.34. The zero-order chi connectivity index (χ0) is 22.2. The molecule has 0 aliphatic carbocycles.